The summed E-state index contributed by atoms with van der Waals surface area (Å²) >= 11 is 0. The van der Waals surface area contributed by atoms with Gasteiger partial charge in [0.2, 0.25) is 0 Å². The summed E-state index contributed by atoms with van der Waals surface area (Å²) in [6.45, 7) is 3.77. The van der Waals surface area contributed by atoms with Crippen molar-refractivity contribution in [2.24, 2.45) is 0 Å². The largest absolute Gasteiger partial charge is 0.497 e. The van der Waals surface area contributed by atoms with Gasteiger partial charge in [-0.1, -0.05) is 5.92 Å². The standard InChI is InChI=1S/C9H12O/c1-5-8(3)7-9(6-2)10-4/h1,6-7H,2-4H3/b8-7-,9-6+. The number of hydrogen-bond acceptors (Lipinski definition) is 1. The van der Waals surface area contributed by atoms with Crippen molar-refractivity contribution in [3.63, 3.8) is 0 Å². The Hall–Kier alpha value is -1.16. The molecule has 0 aliphatic heterocycles. The van der Waals surface area contributed by atoms with E-state index in [0.29, 0.717) is 0 Å². The summed E-state index contributed by atoms with van der Waals surface area (Å²) in [6.07, 6.45) is 8.81. The second kappa shape index (κ2) is 4.69. The Labute approximate surface area is 62.4 Å². The molecule has 0 saturated heterocycles. The molecule has 1 nitrogen and oxygen atoms in total. The maximum atomic E-state index is 5.13. The molecule has 1 heteroatoms. The summed E-state index contributed by atoms with van der Waals surface area (Å²) in [5.41, 5.74) is 0.870. The fourth-order valence-electron chi connectivity index (χ4n) is 0.515. The van der Waals surface area contributed by atoms with Crippen LogP contribution < -0.4 is 0 Å². The molecule has 0 spiro atoms. The fourth-order valence-corrected chi connectivity index (χ4v) is 0.515. The Bertz CT molecular complexity index is 191. The van der Waals surface area contributed by atoms with Crippen LogP contribution in [0.3, 0.4) is 0 Å². The predicted octanol–water partition coefficient (Wildman–Crippen LogP) is 2.12. The van der Waals surface area contributed by atoms with Gasteiger partial charge < -0.3 is 4.74 Å². The average Bonchev–Trinajstić information content (AvgIpc) is 1.99. The summed E-state index contributed by atoms with van der Waals surface area (Å²) in [4.78, 5) is 0. The van der Waals surface area contributed by atoms with Crippen molar-refractivity contribution in [3.05, 3.63) is 23.5 Å². The van der Waals surface area contributed by atoms with Gasteiger partial charge in [-0.25, -0.2) is 0 Å². The van der Waals surface area contributed by atoms with Crippen molar-refractivity contribution in [2.45, 2.75) is 13.8 Å². The summed E-state index contributed by atoms with van der Waals surface area (Å²) in [6, 6.07) is 0. The van der Waals surface area contributed by atoms with Crippen molar-refractivity contribution in [3.8, 4) is 12.3 Å². The molecule has 0 aromatic rings. The number of hydrogen-bond donors (Lipinski definition) is 0. The summed E-state index contributed by atoms with van der Waals surface area (Å²) in [5.74, 6) is 3.31. The first kappa shape index (κ1) is 8.84. The molecular weight excluding hydrogens is 124 g/mol. The highest BCUT2D eigenvalue weighted by molar-refractivity contribution is 5.29. The van der Waals surface area contributed by atoms with Crippen LogP contribution in [0.1, 0.15) is 13.8 Å². The first-order valence-electron chi connectivity index (χ1n) is 3.09. The molecule has 0 aromatic heterocycles. The molecule has 0 atom stereocenters. The molecule has 0 N–H and O–H groups in total. The molecule has 54 valence electrons. The number of allylic oxidation sites excluding steroid dienone is 3. The average molecular weight is 136 g/mol. The molecule has 10 heavy (non-hydrogen) atoms. The van der Waals surface area contributed by atoms with Gasteiger partial charge in [-0.05, 0) is 26.0 Å². The lowest BCUT2D eigenvalue weighted by Crippen LogP contribution is -1.81. The number of methoxy groups -OCH3 is 1. The van der Waals surface area contributed by atoms with Crippen LogP contribution in [0.4, 0.5) is 0 Å². The Balaban J connectivity index is 4.26. The van der Waals surface area contributed by atoms with Crippen LogP contribution in [0.2, 0.25) is 0 Å². The molecule has 0 aliphatic rings. The normalized spacial score (nSPS) is 12.6. The molecule has 0 radical (unpaired) electrons. The predicted molar refractivity (Wildman–Crippen MR) is 43.4 cm³/mol. The van der Waals surface area contributed by atoms with E-state index in [2.05, 4.69) is 5.92 Å². The quantitative estimate of drug-likeness (QED) is 0.321. The highest BCUT2D eigenvalue weighted by atomic mass is 16.5. The molecule has 0 aliphatic carbocycles. The summed E-state index contributed by atoms with van der Waals surface area (Å²) in [7, 11) is 1.62. The van der Waals surface area contributed by atoms with E-state index in [4.69, 9.17) is 11.2 Å². The van der Waals surface area contributed by atoms with Crippen molar-refractivity contribution >= 4 is 0 Å². The highest BCUT2D eigenvalue weighted by Crippen LogP contribution is 2.00. The van der Waals surface area contributed by atoms with Crippen LogP contribution in [0.25, 0.3) is 0 Å². The van der Waals surface area contributed by atoms with E-state index in [9.17, 15) is 0 Å². The van der Waals surface area contributed by atoms with Gasteiger partial charge >= 0.3 is 0 Å². The molecule has 0 unspecified atom stereocenters. The van der Waals surface area contributed by atoms with Gasteiger partial charge in [0.15, 0.2) is 0 Å². The fraction of sp³-hybridized carbons (Fsp3) is 0.333. The van der Waals surface area contributed by atoms with Gasteiger partial charge in [0, 0.05) is 5.57 Å². The monoisotopic (exact) mass is 136 g/mol. The molecule has 0 amide bonds. The SMILES string of the molecule is C#C/C(C)=C\C(=C/C)OC. The zero-order valence-corrected chi connectivity index (χ0v) is 6.64. The Morgan fingerprint density at radius 1 is 1.60 bits per heavy atom. The third-order valence-electron chi connectivity index (χ3n) is 1.11. The highest BCUT2D eigenvalue weighted by Gasteiger charge is 1.86. The Kier molecular flexibility index (Phi) is 4.15. The van der Waals surface area contributed by atoms with Gasteiger partial charge in [-0.15, -0.1) is 6.42 Å². The molecule has 0 heterocycles. The third kappa shape index (κ3) is 2.99. The van der Waals surface area contributed by atoms with Crippen molar-refractivity contribution < 1.29 is 4.74 Å². The van der Waals surface area contributed by atoms with E-state index < -0.39 is 0 Å². The molecule has 0 bridgehead atoms. The molecular formula is C9H12O. The van der Waals surface area contributed by atoms with Crippen LogP contribution in [0, 0.1) is 12.3 Å². The van der Waals surface area contributed by atoms with E-state index in [1.54, 1.807) is 7.11 Å². The van der Waals surface area contributed by atoms with E-state index >= 15 is 0 Å². The van der Waals surface area contributed by atoms with Crippen LogP contribution in [0.5, 0.6) is 0 Å². The first-order chi connectivity index (χ1) is 4.74. The van der Waals surface area contributed by atoms with Gasteiger partial charge in [0.05, 0.1) is 7.11 Å². The number of ether oxygens (including phenoxy) is 1. The van der Waals surface area contributed by atoms with Crippen molar-refractivity contribution in [1.29, 1.82) is 0 Å². The molecule has 0 rings (SSSR count). The minimum atomic E-state index is 0.801. The van der Waals surface area contributed by atoms with E-state index in [0.717, 1.165) is 11.3 Å². The topological polar surface area (TPSA) is 9.23 Å². The van der Waals surface area contributed by atoms with Gasteiger partial charge in [-0.2, -0.15) is 0 Å². The lowest BCUT2D eigenvalue weighted by Gasteiger charge is -1.97. The van der Waals surface area contributed by atoms with Gasteiger partial charge in [-0.3, -0.25) is 0 Å². The van der Waals surface area contributed by atoms with Gasteiger partial charge in [0.25, 0.3) is 0 Å². The lowest BCUT2D eigenvalue weighted by molar-refractivity contribution is 0.306. The van der Waals surface area contributed by atoms with E-state index in [1.807, 2.05) is 26.0 Å². The maximum Gasteiger partial charge on any atom is 0.115 e. The lowest BCUT2D eigenvalue weighted by atomic mass is 10.2. The first-order valence-corrected chi connectivity index (χ1v) is 3.09. The zero-order valence-electron chi connectivity index (χ0n) is 6.64. The second-order valence-corrected chi connectivity index (χ2v) is 1.87. The van der Waals surface area contributed by atoms with Crippen LogP contribution >= 0.6 is 0 Å². The van der Waals surface area contributed by atoms with Crippen LogP contribution in [0.15, 0.2) is 23.5 Å². The van der Waals surface area contributed by atoms with Gasteiger partial charge in [0.1, 0.15) is 5.76 Å². The Morgan fingerprint density at radius 3 is 2.50 bits per heavy atom. The minimum Gasteiger partial charge on any atom is -0.497 e. The maximum absolute atomic E-state index is 5.13. The minimum absolute atomic E-state index is 0.801. The van der Waals surface area contributed by atoms with Crippen LogP contribution in [-0.4, -0.2) is 7.11 Å². The number of rotatable bonds is 2. The molecule has 0 saturated carbocycles. The van der Waals surface area contributed by atoms with E-state index in [1.165, 1.54) is 0 Å². The summed E-state index contributed by atoms with van der Waals surface area (Å²) < 4.78 is 4.96. The zero-order chi connectivity index (χ0) is 7.98. The van der Waals surface area contributed by atoms with Crippen LogP contribution in [-0.2, 0) is 4.74 Å². The number of terminal acetylenes is 1. The van der Waals surface area contributed by atoms with Crippen molar-refractivity contribution in [2.75, 3.05) is 7.11 Å². The molecule has 0 fully saturated rings. The molecule has 0 aromatic carbocycles. The van der Waals surface area contributed by atoms with Crippen molar-refractivity contribution in [1.82, 2.24) is 0 Å². The smallest absolute Gasteiger partial charge is 0.115 e. The third-order valence-corrected chi connectivity index (χ3v) is 1.11. The Morgan fingerprint density at radius 2 is 2.20 bits per heavy atom. The van der Waals surface area contributed by atoms with E-state index in [-0.39, 0.29) is 0 Å². The summed E-state index contributed by atoms with van der Waals surface area (Å²) in [5, 5.41) is 0. The second-order valence-electron chi connectivity index (χ2n) is 1.87.